The molecule has 0 saturated heterocycles. The van der Waals surface area contributed by atoms with Crippen molar-refractivity contribution in [1.29, 1.82) is 0 Å². The van der Waals surface area contributed by atoms with Gasteiger partial charge in [-0.2, -0.15) is 0 Å². The van der Waals surface area contributed by atoms with Gasteiger partial charge in [0.25, 0.3) is 0 Å². The Labute approximate surface area is 81.0 Å². The van der Waals surface area contributed by atoms with Crippen molar-refractivity contribution in [2.75, 3.05) is 19.8 Å². The van der Waals surface area contributed by atoms with Gasteiger partial charge in [0.2, 0.25) is 0 Å². The average Bonchev–Trinajstić information content (AvgIpc) is 2.00. The highest BCUT2D eigenvalue weighted by atomic mass is 16.5. The van der Waals surface area contributed by atoms with E-state index in [1.807, 2.05) is 13.8 Å². The normalized spacial score (nSPS) is 14.1. The van der Waals surface area contributed by atoms with Crippen molar-refractivity contribution in [3.05, 3.63) is 0 Å². The van der Waals surface area contributed by atoms with Crippen LogP contribution < -0.4 is 0 Å². The van der Waals surface area contributed by atoms with Gasteiger partial charge in [-0.15, -0.1) is 0 Å². The van der Waals surface area contributed by atoms with Gasteiger partial charge >= 0.3 is 0 Å². The summed E-state index contributed by atoms with van der Waals surface area (Å²) < 4.78 is 10.5. The zero-order valence-electron chi connectivity index (χ0n) is 9.12. The number of rotatable bonds is 7. The van der Waals surface area contributed by atoms with Crippen molar-refractivity contribution in [3.8, 4) is 0 Å². The van der Waals surface area contributed by atoms with E-state index in [2.05, 4.69) is 13.8 Å². The van der Waals surface area contributed by atoms with Crippen LogP contribution in [0.3, 0.4) is 0 Å². The molecule has 1 atom stereocenters. The van der Waals surface area contributed by atoms with Gasteiger partial charge in [0, 0.05) is 6.61 Å². The highest BCUT2D eigenvalue weighted by Gasteiger charge is 2.06. The fraction of sp³-hybridized carbons (Fsp3) is 1.00. The number of aliphatic hydroxyl groups excluding tert-OH is 1. The van der Waals surface area contributed by atoms with E-state index in [9.17, 15) is 5.11 Å². The molecule has 0 aromatic rings. The minimum absolute atomic E-state index is 0.166. The van der Waals surface area contributed by atoms with E-state index in [1.165, 1.54) is 0 Å². The molecule has 0 amide bonds. The maximum absolute atomic E-state index is 9.36. The molecular formula is C10H22O3. The molecule has 0 aliphatic rings. The quantitative estimate of drug-likeness (QED) is 0.660. The molecule has 1 N–H and O–H groups in total. The predicted octanol–water partition coefficient (Wildman–Crippen LogP) is 1.44. The zero-order chi connectivity index (χ0) is 10.3. The van der Waals surface area contributed by atoms with Gasteiger partial charge in [0.05, 0.1) is 19.3 Å². The minimum atomic E-state index is -0.499. The summed E-state index contributed by atoms with van der Waals surface area (Å²) in [5, 5.41) is 9.36. The second kappa shape index (κ2) is 7.30. The van der Waals surface area contributed by atoms with Crippen LogP contribution in [0.2, 0.25) is 0 Å². The summed E-state index contributed by atoms with van der Waals surface area (Å²) in [6, 6.07) is 0. The molecule has 0 aromatic heterocycles. The molecule has 80 valence electrons. The molecule has 3 nitrogen and oxygen atoms in total. The van der Waals surface area contributed by atoms with E-state index in [1.54, 1.807) is 0 Å². The highest BCUT2D eigenvalue weighted by Crippen LogP contribution is 1.96. The molecule has 0 radical (unpaired) electrons. The lowest BCUT2D eigenvalue weighted by Crippen LogP contribution is -2.24. The first-order valence-corrected chi connectivity index (χ1v) is 4.89. The molecule has 0 aliphatic carbocycles. The second-order valence-electron chi connectivity index (χ2n) is 3.97. The van der Waals surface area contributed by atoms with Crippen molar-refractivity contribution in [2.45, 2.75) is 39.9 Å². The van der Waals surface area contributed by atoms with Crippen molar-refractivity contribution in [1.82, 2.24) is 0 Å². The van der Waals surface area contributed by atoms with Gasteiger partial charge in [-0.25, -0.2) is 0 Å². The molecule has 0 heterocycles. The summed E-state index contributed by atoms with van der Waals surface area (Å²) in [5.74, 6) is 0.512. The summed E-state index contributed by atoms with van der Waals surface area (Å²) in [6.07, 6.45) is -0.333. The lowest BCUT2D eigenvalue weighted by Gasteiger charge is -2.14. The van der Waals surface area contributed by atoms with Gasteiger partial charge in [0.15, 0.2) is 0 Å². The van der Waals surface area contributed by atoms with Crippen LogP contribution in [-0.2, 0) is 9.47 Å². The maximum Gasteiger partial charge on any atom is 0.101 e. The van der Waals surface area contributed by atoms with Crippen molar-refractivity contribution >= 4 is 0 Å². The fourth-order valence-electron chi connectivity index (χ4n) is 0.791. The van der Waals surface area contributed by atoms with E-state index in [4.69, 9.17) is 9.47 Å². The van der Waals surface area contributed by atoms with Crippen LogP contribution in [0, 0.1) is 5.92 Å². The topological polar surface area (TPSA) is 38.7 Å². The molecule has 0 aliphatic heterocycles. The minimum Gasteiger partial charge on any atom is -0.388 e. The number of hydrogen-bond donors (Lipinski definition) is 1. The largest absolute Gasteiger partial charge is 0.388 e. The molecule has 0 aromatic carbocycles. The van der Waals surface area contributed by atoms with Crippen LogP contribution in [0.15, 0.2) is 0 Å². The van der Waals surface area contributed by atoms with Gasteiger partial charge < -0.3 is 14.6 Å². The molecule has 3 heteroatoms. The Kier molecular flexibility index (Phi) is 7.23. The molecule has 0 rings (SSSR count). The van der Waals surface area contributed by atoms with Gasteiger partial charge in [-0.05, 0) is 19.8 Å². The van der Waals surface area contributed by atoms with Gasteiger partial charge in [0.1, 0.15) is 6.10 Å². The van der Waals surface area contributed by atoms with E-state index < -0.39 is 6.10 Å². The molecule has 0 saturated carbocycles. The van der Waals surface area contributed by atoms with E-state index in [0.29, 0.717) is 25.7 Å². The fourth-order valence-corrected chi connectivity index (χ4v) is 0.791. The summed E-state index contributed by atoms with van der Waals surface area (Å²) in [5.41, 5.74) is 0. The first-order valence-electron chi connectivity index (χ1n) is 4.89. The van der Waals surface area contributed by atoms with E-state index in [0.717, 1.165) is 0 Å². The zero-order valence-corrected chi connectivity index (χ0v) is 9.12. The SMILES string of the molecule is CC(C)COCC(O)COC(C)C. The van der Waals surface area contributed by atoms with Gasteiger partial charge in [-0.3, -0.25) is 0 Å². The monoisotopic (exact) mass is 190 g/mol. The Balaban J connectivity index is 3.25. The van der Waals surface area contributed by atoms with Gasteiger partial charge in [-0.1, -0.05) is 13.8 Å². The second-order valence-corrected chi connectivity index (χ2v) is 3.97. The van der Waals surface area contributed by atoms with Crippen molar-refractivity contribution in [2.24, 2.45) is 5.92 Å². The number of hydrogen-bond acceptors (Lipinski definition) is 3. The summed E-state index contributed by atoms with van der Waals surface area (Å²) in [7, 11) is 0. The highest BCUT2D eigenvalue weighted by molar-refractivity contribution is 4.53. The van der Waals surface area contributed by atoms with E-state index >= 15 is 0 Å². The average molecular weight is 190 g/mol. The Bertz CT molecular complexity index is 113. The third-order valence-corrected chi connectivity index (χ3v) is 1.38. The molecule has 0 spiro atoms. The van der Waals surface area contributed by atoms with Crippen LogP contribution in [0.5, 0.6) is 0 Å². The summed E-state index contributed by atoms with van der Waals surface area (Å²) in [6.45, 7) is 9.47. The third-order valence-electron chi connectivity index (χ3n) is 1.38. The number of ether oxygens (including phenoxy) is 2. The lowest BCUT2D eigenvalue weighted by molar-refractivity contribution is -0.0393. The van der Waals surface area contributed by atoms with E-state index in [-0.39, 0.29) is 6.10 Å². The van der Waals surface area contributed by atoms with Crippen molar-refractivity contribution in [3.63, 3.8) is 0 Å². The number of aliphatic hydroxyl groups is 1. The lowest BCUT2D eigenvalue weighted by atomic mass is 10.2. The predicted molar refractivity (Wildman–Crippen MR) is 52.8 cm³/mol. The Morgan fingerprint density at radius 1 is 1.00 bits per heavy atom. The smallest absolute Gasteiger partial charge is 0.101 e. The maximum atomic E-state index is 9.36. The van der Waals surface area contributed by atoms with Crippen LogP contribution in [0.1, 0.15) is 27.7 Å². The molecule has 0 bridgehead atoms. The molecule has 0 fully saturated rings. The Hall–Kier alpha value is -0.120. The Morgan fingerprint density at radius 3 is 2.08 bits per heavy atom. The van der Waals surface area contributed by atoms with Crippen LogP contribution >= 0.6 is 0 Å². The van der Waals surface area contributed by atoms with Crippen LogP contribution in [-0.4, -0.2) is 37.1 Å². The summed E-state index contributed by atoms with van der Waals surface area (Å²) in [4.78, 5) is 0. The van der Waals surface area contributed by atoms with Crippen molar-refractivity contribution < 1.29 is 14.6 Å². The first-order chi connectivity index (χ1) is 6.02. The van der Waals surface area contributed by atoms with Crippen LogP contribution in [0.25, 0.3) is 0 Å². The third kappa shape index (κ3) is 9.80. The molecule has 13 heavy (non-hydrogen) atoms. The standard InChI is InChI=1S/C10H22O3/c1-8(2)5-12-6-10(11)7-13-9(3)4/h8-11H,5-7H2,1-4H3. The Morgan fingerprint density at radius 2 is 1.62 bits per heavy atom. The summed E-state index contributed by atoms with van der Waals surface area (Å²) >= 11 is 0. The first kappa shape index (κ1) is 12.9. The van der Waals surface area contributed by atoms with Crippen LogP contribution in [0.4, 0.5) is 0 Å². The molecule has 1 unspecified atom stereocenters. The molecular weight excluding hydrogens is 168 g/mol.